The minimum Gasteiger partial charge on any atom is -0.380 e. The molecule has 5 rings (SSSR count). The van der Waals surface area contributed by atoms with Crippen molar-refractivity contribution in [1.29, 1.82) is 0 Å². The first kappa shape index (κ1) is 25.3. The third-order valence-corrected chi connectivity index (χ3v) is 6.10. The highest BCUT2D eigenvalue weighted by atomic mass is 16.5. The summed E-state index contributed by atoms with van der Waals surface area (Å²) in [6.07, 6.45) is 11.4. The fourth-order valence-corrected chi connectivity index (χ4v) is 3.48. The minimum atomic E-state index is 0.0185. The maximum atomic E-state index is 10.9. The predicted octanol–water partition coefficient (Wildman–Crippen LogP) is 2.66. The highest BCUT2D eigenvalue weighted by Crippen LogP contribution is 2.40. The van der Waals surface area contributed by atoms with E-state index in [0.29, 0.717) is 30.8 Å². The maximum absolute atomic E-state index is 10.9. The molecule has 1 saturated carbocycles. The quantitative estimate of drug-likeness (QED) is 0.487. The molecule has 0 unspecified atom stereocenters. The topological polar surface area (TPSA) is 96.0 Å². The Balaban J connectivity index is 0.000000154. The number of hydrogen-bond acceptors (Lipinski definition) is 7. The molecule has 0 radical (unpaired) electrons. The molecule has 0 atom stereocenters. The first-order valence-electron chi connectivity index (χ1n) is 10.9. The summed E-state index contributed by atoms with van der Waals surface area (Å²) in [7, 11) is 0. The smallest absolute Gasteiger partial charge is 0.155 e. The van der Waals surface area contributed by atoms with Gasteiger partial charge in [0, 0.05) is 30.1 Å². The van der Waals surface area contributed by atoms with E-state index in [4.69, 9.17) is 14.2 Å². The summed E-state index contributed by atoms with van der Waals surface area (Å²) in [6.45, 7) is 9.40. The Hall–Kier alpha value is -1.96. The van der Waals surface area contributed by atoms with Crippen molar-refractivity contribution in [2.24, 2.45) is 16.7 Å². The molecule has 4 fully saturated rings. The van der Waals surface area contributed by atoms with Crippen LogP contribution in [0.2, 0.25) is 0 Å². The van der Waals surface area contributed by atoms with Crippen LogP contribution in [0.4, 0.5) is 0 Å². The molecule has 31 heavy (non-hydrogen) atoms. The number of hydrogen-bond donors (Lipinski definition) is 0. The number of Topliss-reactive ketones (excluding diaryl/α,β-unsaturated/α-hetero) is 1. The SMILES string of the molecule is C=CC(C)=O.O=C1C=CC2(CC1)COC2.O=C1CCC2(CC1)COC2.O=CC1COC1. The van der Waals surface area contributed by atoms with E-state index in [1.54, 1.807) is 6.08 Å². The summed E-state index contributed by atoms with van der Waals surface area (Å²) in [5, 5.41) is 0. The van der Waals surface area contributed by atoms with Gasteiger partial charge in [0.25, 0.3) is 0 Å². The summed E-state index contributed by atoms with van der Waals surface area (Å²) in [5.41, 5.74) is 0.696. The monoisotopic (exact) mass is 434 g/mol. The Labute approximate surface area is 184 Å². The van der Waals surface area contributed by atoms with Crippen LogP contribution in [0.1, 0.15) is 45.4 Å². The fraction of sp³-hybridized carbons (Fsp3) is 0.667. The van der Waals surface area contributed by atoms with Gasteiger partial charge in [0.2, 0.25) is 0 Å². The zero-order valence-electron chi connectivity index (χ0n) is 18.4. The van der Waals surface area contributed by atoms with Gasteiger partial charge >= 0.3 is 0 Å². The van der Waals surface area contributed by atoms with Crippen LogP contribution >= 0.6 is 0 Å². The van der Waals surface area contributed by atoms with Crippen molar-refractivity contribution < 1.29 is 33.4 Å². The van der Waals surface area contributed by atoms with Crippen molar-refractivity contribution in [2.45, 2.75) is 45.4 Å². The molecule has 3 aliphatic heterocycles. The third kappa shape index (κ3) is 8.24. The van der Waals surface area contributed by atoms with Gasteiger partial charge in [-0.15, -0.1) is 0 Å². The van der Waals surface area contributed by atoms with Crippen molar-refractivity contribution in [1.82, 2.24) is 0 Å². The lowest BCUT2D eigenvalue weighted by Gasteiger charge is -2.43. The second-order valence-electron chi connectivity index (χ2n) is 8.93. The van der Waals surface area contributed by atoms with Gasteiger partial charge in [0.1, 0.15) is 12.1 Å². The molecule has 0 aromatic heterocycles. The van der Waals surface area contributed by atoms with Crippen molar-refractivity contribution >= 4 is 23.6 Å². The number of allylic oxidation sites excluding steroid dienone is 2. The van der Waals surface area contributed by atoms with Crippen molar-refractivity contribution in [3.63, 3.8) is 0 Å². The summed E-state index contributed by atoms with van der Waals surface area (Å²) < 4.78 is 14.9. The Bertz CT molecular complexity index is 670. The number of carbonyl (C=O) groups is 4. The van der Waals surface area contributed by atoms with Crippen LogP contribution in [0, 0.1) is 16.7 Å². The maximum Gasteiger partial charge on any atom is 0.155 e. The first-order valence-corrected chi connectivity index (χ1v) is 10.9. The zero-order valence-corrected chi connectivity index (χ0v) is 18.4. The van der Waals surface area contributed by atoms with Gasteiger partial charge in [-0.2, -0.15) is 0 Å². The molecular weight excluding hydrogens is 400 g/mol. The lowest BCUT2D eigenvalue weighted by atomic mass is 9.72. The first-order chi connectivity index (χ1) is 14.8. The van der Waals surface area contributed by atoms with Gasteiger partial charge in [0.15, 0.2) is 11.6 Å². The molecular formula is C24H34O7. The van der Waals surface area contributed by atoms with Crippen LogP contribution in [0.5, 0.6) is 0 Å². The highest BCUT2D eigenvalue weighted by molar-refractivity contribution is 5.90. The van der Waals surface area contributed by atoms with Crippen molar-refractivity contribution in [3.05, 3.63) is 24.8 Å². The van der Waals surface area contributed by atoms with Crippen LogP contribution < -0.4 is 0 Å². The molecule has 0 aromatic carbocycles. The molecule has 2 spiro atoms. The Morgan fingerprint density at radius 3 is 1.84 bits per heavy atom. The number of rotatable bonds is 2. The lowest BCUT2D eigenvalue weighted by Crippen LogP contribution is -2.45. The minimum absolute atomic E-state index is 0.0185. The van der Waals surface area contributed by atoms with E-state index in [2.05, 4.69) is 6.58 Å². The Morgan fingerprint density at radius 1 is 1.00 bits per heavy atom. The summed E-state index contributed by atoms with van der Waals surface area (Å²) >= 11 is 0. The van der Waals surface area contributed by atoms with Crippen LogP contribution in [-0.2, 0) is 33.4 Å². The van der Waals surface area contributed by atoms with Crippen LogP contribution in [0.3, 0.4) is 0 Å². The lowest BCUT2D eigenvalue weighted by molar-refractivity contribution is -0.145. The van der Waals surface area contributed by atoms with E-state index in [0.717, 1.165) is 64.8 Å². The predicted molar refractivity (Wildman–Crippen MR) is 115 cm³/mol. The average molecular weight is 435 g/mol. The molecule has 172 valence electrons. The van der Waals surface area contributed by atoms with Gasteiger partial charge in [0.05, 0.1) is 45.6 Å². The van der Waals surface area contributed by atoms with Crippen LogP contribution in [0.25, 0.3) is 0 Å². The average Bonchev–Trinajstić information content (AvgIpc) is 2.68. The summed E-state index contributed by atoms with van der Waals surface area (Å²) in [6, 6.07) is 0. The standard InChI is InChI=1S/C8H12O2.C8H10O2.C4H6O2.C4H6O/c2*9-7-1-3-8(4-2-7)5-10-6-8;5-1-4-2-6-3-4;1-3-4(2)5/h1-6H2;1,3H,2,4-6H2;1,4H,2-3H2;3H,1H2,2H3. The normalized spacial score (nSPS) is 24.4. The second kappa shape index (κ2) is 12.2. The van der Waals surface area contributed by atoms with E-state index in [1.165, 1.54) is 13.0 Å². The van der Waals surface area contributed by atoms with Crippen molar-refractivity contribution in [2.75, 3.05) is 39.6 Å². The highest BCUT2D eigenvalue weighted by Gasteiger charge is 2.41. The Kier molecular flexibility index (Phi) is 9.93. The second-order valence-corrected chi connectivity index (χ2v) is 8.93. The molecule has 0 bridgehead atoms. The molecule has 3 saturated heterocycles. The van der Waals surface area contributed by atoms with Gasteiger partial charge < -0.3 is 19.0 Å². The fourth-order valence-electron chi connectivity index (χ4n) is 3.48. The molecule has 0 aromatic rings. The molecule has 7 nitrogen and oxygen atoms in total. The molecule has 7 heteroatoms. The summed E-state index contributed by atoms with van der Waals surface area (Å²) in [5.74, 6) is 0.935. The van der Waals surface area contributed by atoms with Crippen LogP contribution in [0.15, 0.2) is 24.8 Å². The van der Waals surface area contributed by atoms with E-state index in [1.807, 2.05) is 6.08 Å². The van der Waals surface area contributed by atoms with Crippen molar-refractivity contribution in [3.8, 4) is 0 Å². The Morgan fingerprint density at radius 2 is 1.58 bits per heavy atom. The zero-order chi connectivity index (χ0) is 22.7. The van der Waals surface area contributed by atoms with Gasteiger partial charge in [-0.1, -0.05) is 12.7 Å². The molecule has 2 aliphatic carbocycles. The molecule has 5 aliphatic rings. The van der Waals surface area contributed by atoms with E-state index in [-0.39, 0.29) is 22.9 Å². The molecule has 0 N–H and O–H groups in total. The molecule has 0 amide bonds. The van der Waals surface area contributed by atoms with Gasteiger partial charge in [-0.25, -0.2) is 0 Å². The number of ketones is 3. The van der Waals surface area contributed by atoms with E-state index < -0.39 is 0 Å². The number of ether oxygens (including phenoxy) is 3. The third-order valence-electron chi connectivity index (χ3n) is 6.10. The number of aldehydes is 1. The van der Waals surface area contributed by atoms with E-state index in [9.17, 15) is 19.2 Å². The van der Waals surface area contributed by atoms with E-state index >= 15 is 0 Å². The number of carbonyl (C=O) groups excluding carboxylic acids is 4. The van der Waals surface area contributed by atoms with Gasteiger partial charge in [-0.05, 0) is 38.3 Å². The van der Waals surface area contributed by atoms with Gasteiger partial charge in [-0.3, -0.25) is 14.4 Å². The largest absolute Gasteiger partial charge is 0.380 e. The summed E-state index contributed by atoms with van der Waals surface area (Å²) in [4.78, 5) is 41.0. The molecule has 3 heterocycles. The van der Waals surface area contributed by atoms with Crippen LogP contribution in [-0.4, -0.2) is 63.3 Å².